The van der Waals surface area contributed by atoms with Crippen molar-refractivity contribution in [3.8, 4) is 22.9 Å². The molecule has 0 aliphatic heterocycles. The molecular weight excluding hydrogens is 428 g/mol. The largest absolute Gasteiger partial charge is 0.573 e. The van der Waals surface area contributed by atoms with E-state index in [0.29, 0.717) is 22.2 Å². The van der Waals surface area contributed by atoms with Crippen LogP contribution in [0.1, 0.15) is 5.82 Å². The molecular formula is C17H10F4N6O2S. The third-order valence-electron chi connectivity index (χ3n) is 3.65. The fraction of sp³-hybridized carbons (Fsp3) is 0.118. The van der Waals surface area contributed by atoms with Crippen molar-refractivity contribution >= 4 is 11.8 Å². The Kier molecular flexibility index (Phi) is 5.35. The quantitative estimate of drug-likeness (QED) is 0.329. The summed E-state index contributed by atoms with van der Waals surface area (Å²) in [6.45, 7) is 0. The molecule has 0 aliphatic carbocycles. The maximum atomic E-state index is 13.0. The Morgan fingerprint density at radius 2 is 1.77 bits per heavy atom. The topological polar surface area (TPSA) is 91.8 Å². The summed E-state index contributed by atoms with van der Waals surface area (Å²) >= 11 is 1.20. The molecule has 2 heterocycles. The number of aromatic nitrogens is 6. The maximum absolute atomic E-state index is 13.0. The number of alkyl halides is 3. The van der Waals surface area contributed by atoms with E-state index in [1.807, 2.05) is 0 Å². The highest BCUT2D eigenvalue weighted by molar-refractivity contribution is 7.98. The molecule has 0 aliphatic rings. The molecule has 0 N–H and O–H groups in total. The molecule has 13 heteroatoms. The van der Waals surface area contributed by atoms with Gasteiger partial charge in [0.25, 0.3) is 5.89 Å². The molecule has 0 saturated carbocycles. The average Bonchev–Trinajstić information content (AvgIpc) is 3.36. The molecule has 2 aromatic heterocycles. The predicted molar refractivity (Wildman–Crippen MR) is 95.1 cm³/mol. The van der Waals surface area contributed by atoms with Crippen molar-refractivity contribution in [2.24, 2.45) is 0 Å². The molecule has 0 saturated heterocycles. The molecule has 154 valence electrons. The smallest absolute Gasteiger partial charge is 0.406 e. The molecule has 0 atom stereocenters. The van der Waals surface area contributed by atoms with Crippen LogP contribution in [-0.4, -0.2) is 36.7 Å². The molecule has 0 bridgehead atoms. The number of tetrazole rings is 1. The monoisotopic (exact) mass is 438 g/mol. The molecule has 8 nitrogen and oxygen atoms in total. The molecule has 4 rings (SSSR count). The zero-order valence-electron chi connectivity index (χ0n) is 14.7. The first-order valence-electron chi connectivity index (χ1n) is 8.23. The number of halogens is 4. The van der Waals surface area contributed by atoms with E-state index in [-0.39, 0.29) is 23.2 Å². The lowest BCUT2D eigenvalue weighted by molar-refractivity contribution is -0.274. The van der Waals surface area contributed by atoms with E-state index >= 15 is 0 Å². The second-order valence-electron chi connectivity index (χ2n) is 5.73. The summed E-state index contributed by atoms with van der Waals surface area (Å²) in [7, 11) is 0. The van der Waals surface area contributed by atoms with E-state index in [1.165, 1.54) is 52.8 Å². The fourth-order valence-corrected chi connectivity index (χ4v) is 3.11. The minimum absolute atomic E-state index is 0.241. The summed E-state index contributed by atoms with van der Waals surface area (Å²) in [4.78, 5) is 4.24. The van der Waals surface area contributed by atoms with Crippen LogP contribution in [0.4, 0.5) is 17.6 Å². The van der Waals surface area contributed by atoms with E-state index in [4.69, 9.17) is 4.52 Å². The zero-order chi connectivity index (χ0) is 21.1. The number of ether oxygens (including phenoxy) is 1. The maximum Gasteiger partial charge on any atom is 0.573 e. The van der Waals surface area contributed by atoms with Gasteiger partial charge in [0.1, 0.15) is 11.6 Å². The van der Waals surface area contributed by atoms with Crippen molar-refractivity contribution in [1.82, 2.24) is 30.3 Å². The van der Waals surface area contributed by atoms with E-state index < -0.39 is 6.36 Å². The lowest BCUT2D eigenvalue weighted by atomic mass is 10.2. The van der Waals surface area contributed by atoms with Crippen LogP contribution in [0, 0.1) is 5.82 Å². The first-order chi connectivity index (χ1) is 14.4. The van der Waals surface area contributed by atoms with Crippen LogP contribution >= 0.6 is 11.8 Å². The minimum atomic E-state index is -4.77. The summed E-state index contributed by atoms with van der Waals surface area (Å²) in [5.74, 6) is 0.140. The fourth-order valence-electron chi connectivity index (χ4n) is 2.37. The summed E-state index contributed by atoms with van der Waals surface area (Å²) in [5, 5.41) is 15.5. The van der Waals surface area contributed by atoms with Gasteiger partial charge >= 0.3 is 6.36 Å². The van der Waals surface area contributed by atoms with Gasteiger partial charge in [0.05, 0.1) is 11.4 Å². The molecule has 0 spiro atoms. The van der Waals surface area contributed by atoms with Crippen molar-refractivity contribution in [3.05, 3.63) is 60.2 Å². The second-order valence-corrected chi connectivity index (χ2v) is 6.67. The Balaban J connectivity index is 1.44. The standard InChI is InChI=1S/C17H10F4N6O2S/c18-11-3-1-10(2-4-11)15-22-14(24-29-15)9-30-16-23-25-26-27(16)12-5-7-13(8-6-12)28-17(19,20)21/h1-8H,9H2. The van der Waals surface area contributed by atoms with E-state index in [9.17, 15) is 17.6 Å². The Hall–Kier alpha value is -3.48. The number of thioether (sulfide) groups is 1. The van der Waals surface area contributed by atoms with Gasteiger partial charge < -0.3 is 9.26 Å². The van der Waals surface area contributed by atoms with Gasteiger partial charge in [-0.2, -0.15) is 9.67 Å². The second kappa shape index (κ2) is 8.10. The van der Waals surface area contributed by atoms with Gasteiger partial charge in [0, 0.05) is 5.56 Å². The number of nitrogens with zero attached hydrogens (tertiary/aromatic N) is 6. The highest BCUT2D eigenvalue weighted by Gasteiger charge is 2.31. The normalized spacial score (nSPS) is 11.6. The summed E-state index contributed by atoms with van der Waals surface area (Å²) in [6.07, 6.45) is -4.77. The molecule has 4 aromatic rings. The minimum Gasteiger partial charge on any atom is -0.406 e. The highest BCUT2D eigenvalue weighted by Crippen LogP contribution is 2.26. The zero-order valence-corrected chi connectivity index (χ0v) is 15.6. The van der Waals surface area contributed by atoms with Crippen LogP contribution in [0.15, 0.2) is 58.2 Å². The van der Waals surface area contributed by atoms with Crippen molar-refractivity contribution in [1.29, 1.82) is 0 Å². The van der Waals surface area contributed by atoms with Gasteiger partial charge in [0.2, 0.25) is 5.16 Å². The third kappa shape index (κ3) is 4.74. The molecule has 0 amide bonds. The van der Waals surface area contributed by atoms with Crippen LogP contribution in [0.25, 0.3) is 17.1 Å². The van der Waals surface area contributed by atoms with Crippen molar-refractivity contribution < 1.29 is 26.8 Å². The number of benzene rings is 2. The Morgan fingerprint density at radius 1 is 1.03 bits per heavy atom. The predicted octanol–water partition coefficient (Wildman–Crippen LogP) is 4.04. The van der Waals surface area contributed by atoms with Crippen LogP contribution < -0.4 is 4.74 Å². The van der Waals surface area contributed by atoms with Crippen LogP contribution in [0.2, 0.25) is 0 Å². The van der Waals surface area contributed by atoms with Gasteiger partial charge in [-0.05, 0) is 59.0 Å². The Bertz CT molecular complexity index is 1130. The SMILES string of the molecule is Fc1ccc(-c2nc(CSc3nnnn3-c3ccc(OC(F)(F)F)cc3)no2)cc1. The molecule has 2 aromatic carbocycles. The summed E-state index contributed by atoms with van der Waals surface area (Å²) < 4.78 is 60.2. The molecule has 0 unspecified atom stereocenters. The first kappa shape index (κ1) is 19.8. The van der Waals surface area contributed by atoms with E-state index in [2.05, 4.69) is 30.4 Å². The van der Waals surface area contributed by atoms with Gasteiger partial charge in [-0.15, -0.1) is 18.3 Å². The molecule has 0 radical (unpaired) electrons. The van der Waals surface area contributed by atoms with Crippen molar-refractivity contribution in [2.75, 3.05) is 0 Å². The van der Waals surface area contributed by atoms with Gasteiger partial charge in [0.15, 0.2) is 5.82 Å². The molecule has 30 heavy (non-hydrogen) atoms. The molecule has 0 fully saturated rings. The van der Waals surface area contributed by atoms with Crippen LogP contribution in [0.3, 0.4) is 0 Å². The van der Waals surface area contributed by atoms with Crippen LogP contribution in [-0.2, 0) is 5.75 Å². The first-order valence-corrected chi connectivity index (χ1v) is 9.22. The lowest BCUT2D eigenvalue weighted by Crippen LogP contribution is -2.17. The van der Waals surface area contributed by atoms with E-state index in [1.54, 1.807) is 0 Å². The highest BCUT2D eigenvalue weighted by atomic mass is 32.2. The third-order valence-corrected chi connectivity index (χ3v) is 4.56. The summed E-state index contributed by atoms with van der Waals surface area (Å²) in [5.41, 5.74) is 1.02. The van der Waals surface area contributed by atoms with Gasteiger partial charge in [-0.25, -0.2) is 4.39 Å². The summed E-state index contributed by atoms with van der Waals surface area (Å²) in [6, 6.07) is 10.7. The van der Waals surface area contributed by atoms with Crippen LogP contribution in [0.5, 0.6) is 5.75 Å². The number of hydrogen-bond donors (Lipinski definition) is 0. The Morgan fingerprint density at radius 3 is 2.47 bits per heavy atom. The number of hydrogen-bond acceptors (Lipinski definition) is 8. The average molecular weight is 438 g/mol. The van der Waals surface area contributed by atoms with Crippen molar-refractivity contribution in [3.63, 3.8) is 0 Å². The Labute approximate surface area is 169 Å². The van der Waals surface area contributed by atoms with Crippen molar-refractivity contribution in [2.45, 2.75) is 17.3 Å². The van der Waals surface area contributed by atoms with E-state index in [0.717, 1.165) is 12.1 Å². The van der Waals surface area contributed by atoms with Gasteiger partial charge in [-0.3, -0.25) is 0 Å². The van der Waals surface area contributed by atoms with Gasteiger partial charge in [-0.1, -0.05) is 16.9 Å². The number of rotatable bonds is 6. The lowest BCUT2D eigenvalue weighted by Gasteiger charge is -2.09.